The van der Waals surface area contributed by atoms with E-state index in [2.05, 4.69) is 42.2 Å². The summed E-state index contributed by atoms with van der Waals surface area (Å²) in [6.07, 6.45) is -3.11. The molecule has 9 heteroatoms. The number of nitrogens with zero attached hydrogens (tertiary/aromatic N) is 1. The van der Waals surface area contributed by atoms with Crippen LogP contribution in [0.25, 0.3) is 0 Å². The fraction of sp³-hybridized carbons (Fsp3) is 0.364. The minimum atomic E-state index is -4.40. The third kappa shape index (κ3) is 3.62. The molecular weight excluding hydrogens is 441 g/mol. The molecule has 0 amide bonds. The van der Waals surface area contributed by atoms with Crippen molar-refractivity contribution in [3.8, 4) is 0 Å². The van der Waals surface area contributed by atoms with Crippen molar-refractivity contribution >= 4 is 54.5 Å². The van der Waals surface area contributed by atoms with Crippen LogP contribution in [0.1, 0.15) is 28.4 Å². The maximum Gasteiger partial charge on any atom is 0.443 e. The first-order valence-corrected chi connectivity index (χ1v) is 8.75. The zero-order valence-electron chi connectivity index (χ0n) is 10.1. The van der Waals surface area contributed by atoms with Gasteiger partial charge >= 0.3 is 6.18 Å². The topological polar surface area (TPSA) is 24.9 Å². The molecular formula is C11H9Br2F3N2S2. The SMILES string of the molecule is CCNC(c1cnc(C(F)(F)F)s1)c1cc(Br)sc1Br. The Morgan fingerprint density at radius 3 is 2.50 bits per heavy atom. The van der Waals surface area contributed by atoms with Gasteiger partial charge in [-0.1, -0.05) is 6.92 Å². The summed E-state index contributed by atoms with van der Waals surface area (Å²) in [7, 11) is 0. The Balaban J connectivity index is 2.39. The molecule has 0 saturated heterocycles. The molecule has 0 bridgehead atoms. The van der Waals surface area contributed by atoms with E-state index in [4.69, 9.17) is 0 Å². The summed E-state index contributed by atoms with van der Waals surface area (Å²) in [4.78, 5) is 4.03. The Bertz CT molecular complexity index is 595. The van der Waals surface area contributed by atoms with Crippen LogP contribution in [-0.4, -0.2) is 11.5 Å². The summed E-state index contributed by atoms with van der Waals surface area (Å²) in [5.74, 6) is 0. The molecule has 0 saturated carbocycles. The number of nitrogens with one attached hydrogen (secondary N) is 1. The van der Waals surface area contributed by atoms with Crippen LogP contribution in [0, 0.1) is 0 Å². The smallest absolute Gasteiger partial charge is 0.306 e. The summed E-state index contributed by atoms with van der Waals surface area (Å²) in [5, 5.41) is 2.37. The van der Waals surface area contributed by atoms with Gasteiger partial charge < -0.3 is 5.32 Å². The van der Waals surface area contributed by atoms with Crippen LogP contribution in [0.5, 0.6) is 0 Å². The third-order valence-electron chi connectivity index (χ3n) is 2.45. The molecule has 0 aromatic carbocycles. The average molecular weight is 450 g/mol. The van der Waals surface area contributed by atoms with Crippen molar-refractivity contribution in [1.82, 2.24) is 10.3 Å². The zero-order valence-corrected chi connectivity index (χ0v) is 14.9. The minimum absolute atomic E-state index is 0.300. The molecule has 0 radical (unpaired) electrons. The molecule has 0 aliphatic carbocycles. The van der Waals surface area contributed by atoms with Gasteiger partial charge in [0.25, 0.3) is 0 Å². The monoisotopic (exact) mass is 448 g/mol. The van der Waals surface area contributed by atoms with Gasteiger partial charge in [0, 0.05) is 16.6 Å². The number of thiophene rings is 1. The maximum atomic E-state index is 12.6. The first-order valence-electron chi connectivity index (χ1n) is 5.54. The van der Waals surface area contributed by atoms with Crippen LogP contribution in [0.2, 0.25) is 0 Å². The average Bonchev–Trinajstić information content (AvgIpc) is 2.92. The highest BCUT2D eigenvalue weighted by atomic mass is 79.9. The Morgan fingerprint density at radius 1 is 1.35 bits per heavy atom. The molecule has 0 spiro atoms. The highest BCUT2D eigenvalue weighted by Gasteiger charge is 2.35. The van der Waals surface area contributed by atoms with Gasteiger partial charge in [0.1, 0.15) is 0 Å². The van der Waals surface area contributed by atoms with E-state index in [-0.39, 0.29) is 6.04 Å². The molecule has 2 aromatic rings. The molecule has 20 heavy (non-hydrogen) atoms. The third-order valence-corrected chi connectivity index (χ3v) is 5.95. The number of aromatic nitrogens is 1. The van der Waals surface area contributed by atoms with Gasteiger partial charge in [0.05, 0.1) is 13.6 Å². The van der Waals surface area contributed by atoms with Gasteiger partial charge in [-0.15, -0.1) is 22.7 Å². The summed E-state index contributed by atoms with van der Waals surface area (Å²) in [6.45, 7) is 2.55. The Morgan fingerprint density at radius 2 is 2.05 bits per heavy atom. The van der Waals surface area contributed by atoms with Gasteiger partial charge in [0.15, 0.2) is 5.01 Å². The van der Waals surface area contributed by atoms with E-state index in [9.17, 15) is 13.2 Å². The molecule has 1 unspecified atom stereocenters. The number of hydrogen-bond donors (Lipinski definition) is 1. The van der Waals surface area contributed by atoms with Crippen molar-refractivity contribution in [2.75, 3.05) is 6.54 Å². The second-order valence-corrected chi connectivity index (χ2v) is 8.65. The summed E-state index contributed by atoms with van der Waals surface area (Å²) >= 11 is 8.98. The molecule has 0 aliphatic rings. The summed E-state index contributed by atoms with van der Waals surface area (Å²) in [5.41, 5.74) is 0.904. The predicted molar refractivity (Wildman–Crippen MR) is 82.4 cm³/mol. The van der Waals surface area contributed by atoms with Crippen molar-refractivity contribution in [3.63, 3.8) is 0 Å². The molecule has 2 heterocycles. The second kappa shape index (κ2) is 6.43. The minimum Gasteiger partial charge on any atom is -0.306 e. The molecule has 2 rings (SSSR count). The number of alkyl halides is 3. The van der Waals surface area contributed by atoms with E-state index >= 15 is 0 Å². The lowest BCUT2D eigenvalue weighted by molar-refractivity contribution is -0.137. The fourth-order valence-corrected chi connectivity index (χ4v) is 5.45. The quantitative estimate of drug-likeness (QED) is 0.671. The molecule has 1 N–H and O–H groups in total. The van der Waals surface area contributed by atoms with Crippen molar-refractivity contribution in [2.45, 2.75) is 19.1 Å². The van der Waals surface area contributed by atoms with E-state index in [1.54, 1.807) is 0 Å². The maximum absolute atomic E-state index is 12.6. The van der Waals surface area contributed by atoms with Crippen LogP contribution in [0.4, 0.5) is 13.2 Å². The van der Waals surface area contributed by atoms with Crippen LogP contribution >= 0.6 is 54.5 Å². The number of thiazole rings is 1. The molecule has 0 aliphatic heterocycles. The van der Waals surface area contributed by atoms with Gasteiger partial charge in [-0.05, 0) is 44.5 Å². The van der Waals surface area contributed by atoms with Crippen LogP contribution in [0.15, 0.2) is 19.8 Å². The van der Waals surface area contributed by atoms with Crippen LogP contribution in [0.3, 0.4) is 0 Å². The first-order chi connectivity index (χ1) is 9.32. The van der Waals surface area contributed by atoms with Crippen LogP contribution < -0.4 is 5.32 Å². The van der Waals surface area contributed by atoms with Gasteiger partial charge in [-0.25, -0.2) is 4.98 Å². The van der Waals surface area contributed by atoms with Crippen molar-refractivity contribution in [1.29, 1.82) is 0 Å². The number of hydrogen-bond acceptors (Lipinski definition) is 4. The number of rotatable bonds is 4. The molecule has 1 atom stereocenters. The van der Waals surface area contributed by atoms with Crippen molar-refractivity contribution < 1.29 is 13.2 Å². The van der Waals surface area contributed by atoms with E-state index in [0.29, 0.717) is 22.8 Å². The first kappa shape index (κ1) is 16.4. The van der Waals surface area contributed by atoms with Gasteiger partial charge in [-0.2, -0.15) is 13.2 Å². The normalized spacial score (nSPS) is 13.7. The van der Waals surface area contributed by atoms with Crippen molar-refractivity contribution in [2.24, 2.45) is 0 Å². The number of halogens is 5. The van der Waals surface area contributed by atoms with Gasteiger partial charge in [0.2, 0.25) is 0 Å². The van der Waals surface area contributed by atoms with E-state index in [1.165, 1.54) is 17.5 Å². The largest absolute Gasteiger partial charge is 0.443 e. The van der Waals surface area contributed by atoms with E-state index in [1.807, 2.05) is 13.0 Å². The fourth-order valence-electron chi connectivity index (χ4n) is 1.67. The van der Waals surface area contributed by atoms with Gasteiger partial charge in [-0.3, -0.25) is 0 Å². The van der Waals surface area contributed by atoms with E-state index < -0.39 is 11.2 Å². The summed E-state index contributed by atoms with van der Waals surface area (Å²) < 4.78 is 39.8. The summed E-state index contributed by atoms with van der Waals surface area (Å²) in [6, 6.07) is 1.60. The highest BCUT2D eigenvalue weighted by molar-refractivity contribution is 9.12. The highest BCUT2D eigenvalue weighted by Crippen LogP contribution is 2.41. The van der Waals surface area contributed by atoms with Crippen molar-refractivity contribution in [3.05, 3.63) is 35.3 Å². The lowest BCUT2D eigenvalue weighted by atomic mass is 10.1. The van der Waals surface area contributed by atoms with Crippen LogP contribution in [-0.2, 0) is 6.18 Å². The lowest BCUT2D eigenvalue weighted by Crippen LogP contribution is -2.20. The molecule has 2 nitrogen and oxygen atoms in total. The standard InChI is InChI=1S/C11H9Br2F3N2S2/c1-2-17-8(5-3-7(12)20-9(5)13)6-4-18-10(19-6)11(14,15)16/h3-4,8,17H,2H2,1H3. The Kier molecular flexibility index (Phi) is 5.28. The Labute approximate surface area is 138 Å². The molecule has 110 valence electrons. The lowest BCUT2D eigenvalue weighted by Gasteiger charge is -2.15. The van der Waals surface area contributed by atoms with E-state index in [0.717, 1.165) is 13.1 Å². The zero-order chi connectivity index (χ0) is 14.9. The Hall–Kier alpha value is 0.0400. The molecule has 2 aromatic heterocycles. The predicted octanol–water partition coefficient (Wildman–Crippen LogP) is 5.45. The second-order valence-electron chi connectivity index (χ2n) is 3.84. The molecule has 0 fully saturated rings.